The molecule has 2 aromatic heterocycles. The number of aromatic nitrogens is 3. The fraction of sp³-hybridized carbons (Fsp3) is 0.273. The number of hydrogen-bond acceptors (Lipinski definition) is 2. The minimum Gasteiger partial charge on any atom is -0.263 e. The Hall–Kier alpha value is -1.16. The lowest BCUT2D eigenvalue weighted by Crippen LogP contribution is -1.97. The Bertz CT molecular complexity index is 488. The van der Waals surface area contributed by atoms with E-state index in [1.54, 1.807) is 12.4 Å². The third-order valence-corrected chi connectivity index (χ3v) is 3.21. The van der Waals surface area contributed by atoms with Gasteiger partial charge in [0.15, 0.2) is 0 Å². The van der Waals surface area contributed by atoms with Gasteiger partial charge >= 0.3 is 0 Å². The molecule has 3 nitrogen and oxygen atoms in total. The van der Waals surface area contributed by atoms with Crippen molar-refractivity contribution in [1.29, 1.82) is 0 Å². The molecule has 0 saturated heterocycles. The normalized spacial score (nSPS) is 15.5. The Morgan fingerprint density at radius 2 is 2.20 bits per heavy atom. The highest BCUT2D eigenvalue weighted by atomic mass is 79.9. The molecule has 0 unspecified atom stereocenters. The monoisotopic (exact) mass is 263 g/mol. The van der Waals surface area contributed by atoms with Crippen molar-refractivity contribution in [3.63, 3.8) is 0 Å². The molecule has 2 heterocycles. The van der Waals surface area contributed by atoms with Crippen LogP contribution in [0.2, 0.25) is 0 Å². The minimum absolute atomic E-state index is 0.701. The highest BCUT2D eigenvalue weighted by Gasteiger charge is 2.25. The molecule has 0 atom stereocenters. The molecule has 1 saturated carbocycles. The summed E-state index contributed by atoms with van der Waals surface area (Å²) in [7, 11) is 0. The van der Waals surface area contributed by atoms with Crippen molar-refractivity contribution in [1.82, 2.24) is 14.8 Å². The van der Waals surface area contributed by atoms with Gasteiger partial charge in [-0.15, -0.1) is 0 Å². The van der Waals surface area contributed by atoms with Crippen LogP contribution in [0.15, 0.2) is 35.2 Å². The van der Waals surface area contributed by atoms with Gasteiger partial charge in [-0.3, -0.25) is 4.98 Å². The number of halogens is 1. The Balaban J connectivity index is 2.01. The predicted molar refractivity (Wildman–Crippen MR) is 61.0 cm³/mol. The van der Waals surface area contributed by atoms with Crippen LogP contribution in [0, 0.1) is 0 Å². The van der Waals surface area contributed by atoms with Crippen LogP contribution in [0.25, 0.3) is 5.69 Å². The van der Waals surface area contributed by atoms with E-state index in [2.05, 4.69) is 32.1 Å². The lowest BCUT2D eigenvalue weighted by Gasteiger charge is -2.02. The highest BCUT2D eigenvalue weighted by Crippen LogP contribution is 2.39. The predicted octanol–water partition coefficient (Wildman–Crippen LogP) is 2.91. The summed E-state index contributed by atoms with van der Waals surface area (Å²) >= 11 is 3.47. The van der Waals surface area contributed by atoms with E-state index < -0.39 is 0 Å². The van der Waals surface area contributed by atoms with Crippen molar-refractivity contribution in [2.45, 2.75) is 18.8 Å². The van der Waals surface area contributed by atoms with Crippen LogP contribution in [0.4, 0.5) is 0 Å². The molecule has 0 aliphatic heterocycles. The second-order valence-corrected chi connectivity index (χ2v) is 4.64. The van der Waals surface area contributed by atoms with Crippen molar-refractivity contribution >= 4 is 15.9 Å². The fourth-order valence-corrected chi connectivity index (χ4v) is 2.05. The van der Waals surface area contributed by atoms with Gasteiger partial charge in [-0.2, -0.15) is 5.10 Å². The van der Waals surface area contributed by atoms with Gasteiger partial charge in [0.1, 0.15) is 0 Å². The maximum atomic E-state index is 4.56. The number of hydrogen-bond donors (Lipinski definition) is 0. The zero-order valence-electron chi connectivity index (χ0n) is 8.10. The number of nitrogens with zero attached hydrogens (tertiary/aromatic N) is 3. The first kappa shape index (κ1) is 9.09. The molecule has 3 rings (SSSR count). The van der Waals surface area contributed by atoms with Crippen LogP contribution >= 0.6 is 15.9 Å². The van der Waals surface area contributed by atoms with E-state index in [9.17, 15) is 0 Å². The summed E-state index contributed by atoms with van der Waals surface area (Å²) in [5, 5.41) is 4.56. The van der Waals surface area contributed by atoms with E-state index in [1.807, 2.05) is 16.9 Å². The van der Waals surface area contributed by atoms with Crippen LogP contribution in [-0.4, -0.2) is 14.8 Å². The van der Waals surface area contributed by atoms with Gasteiger partial charge in [-0.25, -0.2) is 4.68 Å². The third-order valence-electron chi connectivity index (χ3n) is 2.60. The molecule has 0 radical (unpaired) electrons. The van der Waals surface area contributed by atoms with E-state index in [-0.39, 0.29) is 0 Å². The second kappa shape index (κ2) is 3.45. The molecule has 0 N–H and O–H groups in total. The van der Waals surface area contributed by atoms with E-state index in [0.29, 0.717) is 5.92 Å². The second-order valence-electron chi connectivity index (χ2n) is 3.79. The first-order chi connectivity index (χ1) is 7.34. The maximum Gasteiger partial charge on any atom is 0.0818 e. The van der Waals surface area contributed by atoms with Crippen molar-refractivity contribution in [2.75, 3.05) is 0 Å². The van der Waals surface area contributed by atoms with Crippen molar-refractivity contribution in [3.05, 3.63) is 40.9 Å². The minimum atomic E-state index is 0.701. The van der Waals surface area contributed by atoms with Crippen molar-refractivity contribution < 1.29 is 0 Å². The molecule has 0 bridgehead atoms. The van der Waals surface area contributed by atoms with E-state index in [1.165, 1.54) is 18.5 Å². The lowest BCUT2D eigenvalue weighted by molar-refractivity contribution is 0.832. The quantitative estimate of drug-likeness (QED) is 0.834. The standard InChI is InChI=1S/C11H10BrN3/c12-9-7-13-5-3-11(9)15-6-4-10(14-15)8-1-2-8/h3-8H,1-2H2. The molecular formula is C11H10BrN3. The van der Waals surface area contributed by atoms with Gasteiger partial charge < -0.3 is 0 Å². The number of pyridine rings is 1. The first-order valence-corrected chi connectivity index (χ1v) is 5.79. The van der Waals surface area contributed by atoms with Crippen LogP contribution in [0.1, 0.15) is 24.5 Å². The molecule has 1 aliphatic carbocycles. The average Bonchev–Trinajstić information content (AvgIpc) is 2.99. The van der Waals surface area contributed by atoms with E-state index in [0.717, 1.165) is 10.2 Å². The average molecular weight is 264 g/mol. The van der Waals surface area contributed by atoms with Crippen LogP contribution in [-0.2, 0) is 0 Å². The molecule has 1 fully saturated rings. The van der Waals surface area contributed by atoms with Crippen LogP contribution in [0.3, 0.4) is 0 Å². The first-order valence-electron chi connectivity index (χ1n) is 5.00. The molecule has 4 heteroatoms. The summed E-state index contributed by atoms with van der Waals surface area (Å²) in [5.74, 6) is 0.701. The van der Waals surface area contributed by atoms with Gasteiger partial charge in [-0.1, -0.05) is 0 Å². The molecular weight excluding hydrogens is 254 g/mol. The largest absolute Gasteiger partial charge is 0.263 e. The third kappa shape index (κ3) is 1.69. The molecule has 0 amide bonds. The SMILES string of the molecule is Brc1cnccc1-n1ccc(C2CC2)n1. The Morgan fingerprint density at radius 3 is 2.93 bits per heavy atom. The Labute approximate surface area is 96.3 Å². The number of rotatable bonds is 2. The smallest absolute Gasteiger partial charge is 0.0818 e. The van der Waals surface area contributed by atoms with E-state index in [4.69, 9.17) is 0 Å². The molecule has 1 aliphatic rings. The van der Waals surface area contributed by atoms with Crippen molar-refractivity contribution in [3.8, 4) is 5.69 Å². The fourth-order valence-electron chi connectivity index (χ4n) is 1.62. The summed E-state index contributed by atoms with van der Waals surface area (Å²) in [4.78, 5) is 4.04. The molecule has 0 aromatic carbocycles. The summed E-state index contributed by atoms with van der Waals surface area (Å²) in [6.45, 7) is 0. The molecule has 2 aromatic rings. The summed E-state index contributed by atoms with van der Waals surface area (Å²) in [6.07, 6.45) is 8.14. The molecule has 15 heavy (non-hydrogen) atoms. The Morgan fingerprint density at radius 1 is 1.33 bits per heavy atom. The summed E-state index contributed by atoms with van der Waals surface area (Å²) < 4.78 is 2.87. The highest BCUT2D eigenvalue weighted by molar-refractivity contribution is 9.10. The van der Waals surface area contributed by atoms with Gasteiger partial charge in [0, 0.05) is 24.5 Å². The van der Waals surface area contributed by atoms with Gasteiger partial charge in [0.25, 0.3) is 0 Å². The zero-order valence-corrected chi connectivity index (χ0v) is 9.68. The van der Waals surface area contributed by atoms with Crippen molar-refractivity contribution in [2.24, 2.45) is 0 Å². The Kier molecular flexibility index (Phi) is 2.09. The summed E-state index contributed by atoms with van der Waals surface area (Å²) in [6, 6.07) is 4.05. The maximum absolute atomic E-state index is 4.56. The van der Waals surface area contributed by atoms with Gasteiger partial charge in [0.05, 0.1) is 15.9 Å². The lowest BCUT2D eigenvalue weighted by atomic mass is 10.3. The van der Waals surface area contributed by atoms with Gasteiger partial charge in [0.2, 0.25) is 0 Å². The topological polar surface area (TPSA) is 30.7 Å². The molecule has 76 valence electrons. The van der Waals surface area contributed by atoms with Crippen LogP contribution < -0.4 is 0 Å². The molecule has 0 spiro atoms. The zero-order chi connectivity index (χ0) is 10.3. The summed E-state index contributed by atoms with van der Waals surface area (Å²) in [5.41, 5.74) is 2.25. The van der Waals surface area contributed by atoms with Crippen LogP contribution in [0.5, 0.6) is 0 Å². The van der Waals surface area contributed by atoms with Gasteiger partial charge in [-0.05, 0) is 40.9 Å². The van der Waals surface area contributed by atoms with E-state index >= 15 is 0 Å².